The fraction of sp³-hybridized carbons (Fsp3) is 0. The van der Waals surface area contributed by atoms with E-state index < -0.39 is 21.4 Å². The molecule has 56 valence electrons. The molecule has 0 amide bonds. The molecule has 0 aromatic rings. The second kappa shape index (κ2) is 3.43. The highest BCUT2D eigenvalue weighted by atomic mass is 32.3. The SMILES string of the molecule is O=[SH](=O)OS(=O)(=O)OP. The molecule has 0 N–H and O–H groups in total. The van der Waals surface area contributed by atoms with Gasteiger partial charge in [0, 0.05) is 9.47 Å². The van der Waals surface area contributed by atoms with Crippen molar-refractivity contribution in [3.05, 3.63) is 0 Å². The topological polar surface area (TPSA) is 86.7 Å². The number of rotatable bonds is 3. The summed E-state index contributed by atoms with van der Waals surface area (Å²) in [6, 6.07) is 0. The van der Waals surface area contributed by atoms with Crippen molar-refractivity contribution >= 4 is 30.9 Å². The van der Waals surface area contributed by atoms with E-state index in [0.717, 1.165) is 0 Å². The molecule has 0 aliphatic heterocycles. The van der Waals surface area contributed by atoms with Gasteiger partial charge >= 0.3 is 10.4 Å². The van der Waals surface area contributed by atoms with Crippen molar-refractivity contribution in [3.8, 4) is 0 Å². The van der Waals surface area contributed by atoms with Gasteiger partial charge in [-0.05, 0) is 0 Å². The Morgan fingerprint density at radius 2 is 1.78 bits per heavy atom. The van der Waals surface area contributed by atoms with Crippen LogP contribution in [0.2, 0.25) is 0 Å². The van der Waals surface area contributed by atoms with Crippen LogP contribution < -0.4 is 0 Å². The maximum Gasteiger partial charge on any atom is 0.417 e. The van der Waals surface area contributed by atoms with Crippen molar-refractivity contribution in [1.29, 1.82) is 0 Å². The second-order valence-electron chi connectivity index (χ2n) is 0.803. The lowest BCUT2D eigenvalue weighted by molar-refractivity contribution is 0.415. The van der Waals surface area contributed by atoms with Gasteiger partial charge in [0.25, 0.3) is 11.0 Å². The van der Waals surface area contributed by atoms with Crippen LogP contribution >= 0.6 is 9.47 Å². The summed E-state index contributed by atoms with van der Waals surface area (Å²) in [5.74, 6) is 0. The Hall–Kier alpha value is 0.250. The van der Waals surface area contributed by atoms with E-state index in [0.29, 0.717) is 0 Å². The highest BCUT2D eigenvalue weighted by molar-refractivity contribution is 7.91. The van der Waals surface area contributed by atoms with Crippen molar-refractivity contribution < 1.29 is 24.4 Å². The lowest BCUT2D eigenvalue weighted by Crippen LogP contribution is -2.02. The summed E-state index contributed by atoms with van der Waals surface area (Å²) in [6.07, 6.45) is 0. The summed E-state index contributed by atoms with van der Waals surface area (Å²) in [7, 11) is -6.44. The highest BCUT2D eigenvalue weighted by Crippen LogP contribution is 1.99. The molecule has 6 nitrogen and oxygen atoms in total. The van der Waals surface area contributed by atoms with Crippen LogP contribution in [-0.4, -0.2) is 16.8 Å². The molecule has 0 heterocycles. The zero-order valence-corrected chi connectivity index (χ0v) is 6.75. The first-order valence-electron chi connectivity index (χ1n) is 1.45. The zero-order valence-electron chi connectivity index (χ0n) is 3.88. The van der Waals surface area contributed by atoms with Gasteiger partial charge in [0.15, 0.2) is 0 Å². The molecule has 0 radical (unpaired) electrons. The molecule has 0 spiro atoms. The third-order valence-electron chi connectivity index (χ3n) is 0.270. The monoisotopic (exact) mass is 194 g/mol. The van der Waals surface area contributed by atoms with Gasteiger partial charge in [-0.25, -0.2) is 12.4 Å². The molecule has 0 aromatic carbocycles. The fourth-order valence-electron chi connectivity index (χ4n) is 0.0921. The minimum Gasteiger partial charge on any atom is -0.232 e. The van der Waals surface area contributed by atoms with Gasteiger partial charge in [-0.3, -0.25) is 0 Å². The van der Waals surface area contributed by atoms with Gasteiger partial charge in [-0.15, -0.1) is 3.63 Å². The van der Waals surface area contributed by atoms with Crippen LogP contribution in [0.5, 0.6) is 0 Å². The van der Waals surface area contributed by atoms with Crippen LogP contribution in [0, 0.1) is 0 Å². The first-order valence-corrected chi connectivity index (χ1v) is 4.35. The molecule has 9 heavy (non-hydrogen) atoms. The third-order valence-corrected chi connectivity index (χ3v) is 2.43. The van der Waals surface area contributed by atoms with E-state index in [1.165, 1.54) is 9.47 Å². The molecule has 9 heteroatoms. The Morgan fingerprint density at radius 3 is 1.89 bits per heavy atom. The summed E-state index contributed by atoms with van der Waals surface area (Å²) in [5, 5.41) is 0. The van der Waals surface area contributed by atoms with E-state index in [9.17, 15) is 16.8 Å². The molecule has 0 aliphatic rings. The molecule has 0 rings (SSSR count). The zero-order chi connectivity index (χ0) is 7.49. The summed E-state index contributed by atoms with van der Waals surface area (Å²) in [6.45, 7) is 0. The molecular formula is H3O6PS2. The van der Waals surface area contributed by atoms with Crippen LogP contribution in [0.25, 0.3) is 0 Å². The minimum absolute atomic E-state index is 1.33. The van der Waals surface area contributed by atoms with Gasteiger partial charge in [-0.1, -0.05) is 0 Å². The third kappa shape index (κ3) is 4.73. The Bertz CT molecular complexity index is 224. The van der Waals surface area contributed by atoms with Crippen LogP contribution in [0.3, 0.4) is 0 Å². The summed E-state index contributed by atoms with van der Waals surface area (Å²) in [4.78, 5) is 0. The lowest BCUT2D eigenvalue weighted by atomic mass is 15.8. The van der Waals surface area contributed by atoms with Gasteiger partial charge in [0.1, 0.15) is 0 Å². The van der Waals surface area contributed by atoms with Crippen molar-refractivity contribution in [2.24, 2.45) is 0 Å². The Balaban J connectivity index is 4.23. The number of thiol groups is 1. The number of hydrogen-bond acceptors (Lipinski definition) is 6. The van der Waals surface area contributed by atoms with Crippen molar-refractivity contribution in [2.75, 3.05) is 0 Å². The minimum atomic E-state index is -4.35. The molecule has 1 atom stereocenters. The maximum atomic E-state index is 9.96. The summed E-state index contributed by atoms with van der Waals surface area (Å²) >= 11 is 0. The van der Waals surface area contributed by atoms with Crippen molar-refractivity contribution in [3.63, 3.8) is 0 Å². The Kier molecular flexibility index (Phi) is 3.52. The van der Waals surface area contributed by atoms with E-state index in [4.69, 9.17) is 0 Å². The highest BCUT2D eigenvalue weighted by Gasteiger charge is 2.09. The normalized spacial score (nSPS) is 12.2. The van der Waals surface area contributed by atoms with Crippen molar-refractivity contribution in [2.45, 2.75) is 0 Å². The average Bonchev–Trinajstić information content (AvgIpc) is 1.63. The molecule has 0 saturated carbocycles. The summed E-state index contributed by atoms with van der Waals surface area (Å²) in [5.41, 5.74) is 0. The first-order chi connectivity index (χ1) is 3.98. The first kappa shape index (κ1) is 9.25. The predicted octanol–water partition coefficient (Wildman–Crippen LogP) is -1.42. The quantitative estimate of drug-likeness (QED) is 0.438. The number of hydrogen-bond donors (Lipinski definition) is 1. The van der Waals surface area contributed by atoms with E-state index in [1.54, 1.807) is 0 Å². The van der Waals surface area contributed by atoms with Crippen LogP contribution in [0.1, 0.15) is 0 Å². The van der Waals surface area contributed by atoms with Crippen LogP contribution in [0.4, 0.5) is 0 Å². The maximum absolute atomic E-state index is 9.96. The largest absolute Gasteiger partial charge is 0.417 e. The van der Waals surface area contributed by atoms with Crippen LogP contribution in [-0.2, 0) is 29.0 Å². The Labute approximate surface area is 55.9 Å². The smallest absolute Gasteiger partial charge is 0.232 e. The van der Waals surface area contributed by atoms with Crippen LogP contribution in [0.15, 0.2) is 0 Å². The average molecular weight is 194 g/mol. The van der Waals surface area contributed by atoms with E-state index >= 15 is 0 Å². The van der Waals surface area contributed by atoms with E-state index in [1.807, 2.05) is 0 Å². The van der Waals surface area contributed by atoms with Gasteiger partial charge in [0.05, 0.1) is 0 Å². The predicted molar refractivity (Wildman–Crippen MR) is 31.1 cm³/mol. The van der Waals surface area contributed by atoms with Crippen molar-refractivity contribution in [1.82, 2.24) is 0 Å². The molecule has 0 bridgehead atoms. The van der Waals surface area contributed by atoms with E-state index in [-0.39, 0.29) is 0 Å². The lowest BCUT2D eigenvalue weighted by Gasteiger charge is -1.90. The molecular weight excluding hydrogens is 191 g/mol. The van der Waals surface area contributed by atoms with E-state index in [2.05, 4.69) is 7.60 Å². The fourth-order valence-corrected chi connectivity index (χ4v) is 1.15. The molecule has 1 unspecified atom stereocenters. The van der Waals surface area contributed by atoms with Gasteiger partial charge in [0.2, 0.25) is 0 Å². The molecule has 0 fully saturated rings. The summed E-state index contributed by atoms with van der Waals surface area (Å²) < 4.78 is 45.8. The molecule has 0 aliphatic carbocycles. The Morgan fingerprint density at radius 1 is 1.33 bits per heavy atom. The molecule has 0 aromatic heterocycles. The van der Waals surface area contributed by atoms with Gasteiger partial charge < -0.3 is 0 Å². The standard InChI is InChI=1S/H3O6PS2/c1-8(2)6-9(3,4)5-7/h8H,7H2. The molecule has 0 saturated heterocycles. The second-order valence-corrected chi connectivity index (χ2v) is 3.43. The van der Waals surface area contributed by atoms with Gasteiger partial charge in [-0.2, -0.15) is 8.42 Å².